The standard InChI is InChI=1S/C24H21NO6/c1-12-17-8-15-9-21(27)13(2)30-24(15)31-25-19(14-4-6-16(29-3)7-5-14)11-22(28)18(23(17)25)10-20(12)26/h4-7,9-11,24,26-27H,8H2,1-3H3. The molecular weight excluding hydrogens is 398 g/mol. The second-order valence-corrected chi connectivity index (χ2v) is 7.70. The molecule has 7 heteroatoms. The molecular formula is C24H21NO6. The van der Waals surface area contributed by atoms with Crippen molar-refractivity contribution in [3.8, 4) is 22.8 Å². The zero-order valence-corrected chi connectivity index (χ0v) is 17.3. The number of hydrogen-bond donors (Lipinski definition) is 2. The van der Waals surface area contributed by atoms with Crippen LogP contribution in [-0.4, -0.2) is 28.3 Å². The third-order valence-corrected chi connectivity index (χ3v) is 5.85. The van der Waals surface area contributed by atoms with Gasteiger partial charge in [0.05, 0.1) is 23.7 Å². The molecule has 0 aliphatic carbocycles. The van der Waals surface area contributed by atoms with Gasteiger partial charge in [-0.15, -0.1) is 0 Å². The highest BCUT2D eigenvalue weighted by Gasteiger charge is 2.32. The lowest BCUT2D eigenvalue weighted by Gasteiger charge is -2.26. The molecule has 0 fully saturated rings. The molecule has 0 radical (unpaired) electrons. The predicted octanol–water partition coefficient (Wildman–Crippen LogP) is 3.75. The maximum absolute atomic E-state index is 13.0. The van der Waals surface area contributed by atoms with Crippen LogP contribution in [0.5, 0.6) is 11.5 Å². The van der Waals surface area contributed by atoms with Crippen LogP contribution < -0.4 is 15.0 Å². The number of allylic oxidation sites excluding steroid dienone is 2. The number of rotatable bonds is 2. The Balaban J connectivity index is 1.83. The number of aromatic nitrogens is 1. The van der Waals surface area contributed by atoms with E-state index < -0.39 is 6.29 Å². The summed E-state index contributed by atoms with van der Waals surface area (Å²) in [5.41, 5.74) is 3.73. The summed E-state index contributed by atoms with van der Waals surface area (Å²) in [5.74, 6) is 1.11. The van der Waals surface area contributed by atoms with Crippen LogP contribution >= 0.6 is 0 Å². The molecule has 2 aliphatic heterocycles. The normalized spacial score (nSPS) is 17.4. The molecule has 0 saturated carbocycles. The molecule has 3 aromatic rings. The summed E-state index contributed by atoms with van der Waals surface area (Å²) in [4.78, 5) is 19.3. The topological polar surface area (TPSA) is 90.2 Å². The van der Waals surface area contributed by atoms with E-state index in [1.54, 1.807) is 31.8 Å². The van der Waals surface area contributed by atoms with Crippen molar-refractivity contribution in [1.82, 2.24) is 4.73 Å². The van der Waals surface area contributed by atoms with Crippen LogP contribution in [0.3, 0.4) is 0 Å². The van der Waals surface area contributed by atoms with Crippen molar-refractivity contribution in [1.29, 1.82) is 0 Å². The lowest BCUT2D eigenvalue weighted by molar-refractivity contribution is -0.0952. The Morgan fingerprint density at radius 3 is 2.58 bits per heavy atom. The van der Waals surface area contributed by atoms with E-state index >= 15 is 0 Å². The van der Waals surface area contributed by atoms with Gasteiger partial charge < -0.3 is 24.5 Å². The van der Waals surface area contributed by atoms with Gasteiger partial charge in [0.25, 0.3) is 6.29 Å². The number of aliphatic hydroxyl groups excluding tert-OH is 1. The highest BCUT2D eigenvalue weighted by molar-refractivity contribution is 5.88. The lowest BCUT2D eigenvalue weighted by Crippen LogP contribution is -2.32. The SMILES string of the molecule is COc1ccc(-c2cc(=O)c3cc(O)c(C)c4c3n2OC2OC(C)=C(O)C=C2C4)cc1. The van der Waals surface area contributed by atoms with E-state index in [1.807, 2.05) is 24.3 Å². The van der Waals surface area contributed by atoms with Crippen molar-refractivity contribution in [3.63, 3.8) is 0 Å². The summed E-state index contributed by atoms with van der Waals surface area (Å²) in [6, 6.07) is 10.3. The van der Waals surface area contributed by atoms with Gasteiger partial charge in [-0.1, -0.05) is 0 Å². The number of pyridine rings is 1. The number of aromatic hydroxyl groups is 1. The van der Waals surface area contributed by atoms with Crippen molar-refractivity contribution in [2.24, 2.45) is 0 Å². The Labute approximate surface area is 178 Å². The molecule has 31 heavy (non-hydrogen) atoms. The average molecular weight is 419 g/mol. The minimum absolute atomic E-state index is 0.0275. The molecule has 2 aliphatic rings. The molecule has 1 atom stereocenters. The Morgan fingerprint density at radius 2 is 1.87 bits per heavy atom. The first-order valence-electron chi connectivity index (χ1n) is 9.87. The molecule has 2 N–H and O–H groups in total. The number of hydrogen-bond acceptors (Lipinski definition) is 6. The van der Waals surface area contributed by atoms with E-state index in [2.05, 4.69) is 0 Å². The van der Waals surface area contributed by atoms with Crippen LogP contribution in [0.1, 0.15) is 18.1 Å². The number of benzene rings is 2. The minimum Gasteiger partial charge on any atom is -0.508 e. The first kappa shape index (κ1) is 19.1. The Morgan fingerprint density at radius 1 is 1.13 bits per heavy atom. The third kappa shape index (κ3) is 2.92. The van der Waals surface area contributed by atoms with Crippen LogP contribution in [0.25, 0.3) is 22.2 Å². The number of aliphatic hydroxyl groups is 1. The average Bonchev–Trinajstić information content (AvgIpc) is 2.92. The fourth-order valence-corrected chi connectivity index (χ4v) is 4.06. The van der Waals surface area contributed by atoms with Gasteiger partial charge in [0.1, 0.15) is 17.3 Å². The number of methoxy groups -OCH3 is 1. The maximum atomic E-state index is 13.0. The Bertz CT molecular complexity index is 1350. The maximum Gasteiger partial charge on any atom is 0.286 e. The molecule has 158 valence electrons. The molecule has 0 amide bonds. The fraction of sp³-hybridized carbons (Fsp3) is 0.208. The summed E-state index contributed by atoms with van der Waals surface area (Å²) < 4.78 is 12.7. The van der Waals surface area contributed by atoms with Gasteiger partial charge in [0.15, 0.2) is 11.2 Å². The van der Waals surface area contributed by atoms with Gasteiger partial charge in [-0.2, -0.15) is 4.73 Å². The molecule has 1 unspecified atom stereocenters. The smallest absolute Gasteiger partial charge is 0.286 e. The monoisotopic (exact) mass is 419 g/mol. The highest BCUT2D eigenvalue weighted by atomic mass is 16.8. The quantitative estimate of drug-likeness (QED) is 0.658. The van der Waals surface area contributed by atoms with Crippen molar-refractivity contribution in [2.75, 3.05) is 7.11 Å². The van der Waals surface area contributed by atoms with Crippen molar-refractivity contribution >= 4 is 10.9 Å². The molecule has 0 saturated heterocycles. The van der Waals surface area contributed by atoms with Crippen molar-refractivity contribution in [3.05, 3.63) is 80.9 Å². The second kappa shape index (κ2) is 6.84. The molecule has 5 rings (SSSR count). The zero-order chi connectivity index (χ0) is 21.9. The van der Waals surface area contributed by atoms with E-state index in [0.717, 1.165) is 11.1 Å². The van der Waals surface area contributed by atoms with Gasteiger partial charge >= 0.3 is 0 Å². The lowest BCUT2D eigenvalue weighted by atomic mass is 9.95. The first-order valence-corrected chi connectivity index (χ1v) is 9.87. The van der Waals surface area contributed by atoms with Crippen molar-refractivity contribution < 1.29 is 24.5 Å². The molecule has 3 heterocycles. The predicted molar refractivity (Wildman–Crippen MR) is 115 cm³/mol. The van der Waals surface area contributed by atoms with Gasteiger partial charge in [0, 0.05) is 23.6 Å². The van der Waals surface area contributed by atoms with Gasteiger partial charge in [-0.3, -0.25) is 4.79 Å². The van der Waals surface area contributed by atoms with E-state index in [9.17, 15) is 15.0 Å². The molecule has 1 aromatic heterocycles. The van der Waals surface area contributed by atoms with Gasteiger partial charge in [-0.05, 0) is 61.4 Å². The van der Waals surface area contributed by atoms with Crippen LogP contribution in [0, 0.1) is 6.92 Å². The molecule has 0 bridgehead atoms. The highest BCUT2D eigenvalue weighted by Crippen LogP contribution is 2.37. The molecule has 7 nitrogen and oxygen atoms in total. The Kier molecular flexibility index (Phi) is 4.22. The van der Waals surface area contributed by atoms with E-state index in [0.29, 0.717) is 45.7 Å². The van der Waals surface area contributed by atoms with Crippen molar-refractivity contribution in [2.45, 2.75) is 26.6 Å². The van der Waals surface area contributed by atoms with Gasteiger partial charge in [0.2, 0.25) is 0 Å². The summed E-state index contributed by atoms with van der Waals surface area (Å²) >= 11 is 0. The number of nitrogens with zero attached hydrogens (tertiary/aromatic N) is 1. The molecule has 0 spiro atoms. The summed E-state index contributed by atoms with van der Waals surface area (Å²) in [6.45, 7) is 3.46. The summed E-state index contributed by atoms with van der Waals surface area (Å²) in [6.07, 6.45) is 1.19. The number of ether oxygens (including phenoxy) is 2. The first-order chi connectivity index (χ1) is 14.9. The summed E-state index contributed by atoms with van der Waals surface area (Å²) in [7, 11) is 1.59. The molecule has 2 aromatic carbocycles. The van der Waals surface area contributed by atoms with E-state index in [-0.39, 0.29) is 16.9 Å². The van der Waals surface area contributed by atoms with Crippen LogP contribution in [0.4, 0.5) is 0 Å². The number of phenols is 1. The minimum atomic E-state index is -0.785. The zero-order valence-electron chi connectivity index (χ0n) is 17.3. The van der Waals surface area contributed by atoms with Crippen LogP contribution in [-0.2, 0) is 11.2 Å². The fourth-order valence-electron chi connectivity index (χ4n) is 4.06. The Hall–Kier alpha value is -3.87. The number of fused-ring (bicyclic) bond motifs is 1. The van der Waals surface area contributed by atoms with Crippen LogP contribution in [0.2, 0.25) is 0 Å². The number of phenolic OH excluding ortho intramolecular Hbond substituents is 1. The third-order valence-electron chi connectivity index (χ3n) is 5.85. The van der Waals surface area contributed by atoms with Crippen LogP contribution in [0.15, 0.2) is 64.4 Å². The van der Waals surface area contributed by atoms with Gasteiger partial charge in [-0.25, -0.2) is 0 Å². The second-order valence-electron chi connectivity index (χ2n) is 7.70. The van der Waals surface area contributed by atoms with E-state index in [4.69, 9.17) is 14.3 Å². The largest absolute Gasteiger partial charge is 0.508 e. The summed E-state index contributed by atoms with van der Waals surface area (Å²) in [5, 5.41) is 21.0. The van der Waals surface area contributed by atoms with E-state index in [1.165, 1.54) is 12.1 Å².